The minimum Gasteiger partial charge on any atom is -0.495 e. The molecule has 178 valence electrons. The Morgan fingerprint density at radius 2 is 1.77 bits per heavy atom. The zero-order valence-corrected chi connectivity index (χ0v) is 20.5. The number of benzene rings is 2. The molecule has 0 saturated carbocycles. The standard InChI is InChI=1S/C28H29N5OS/c1-34-25-16-6-5-14-23(25)32-19-9-15-24(32)27-26(22-13-7-8-17-30-22)31-28(35)33(27)20-10-18-29-21-11-3-2-4-12-21/h2-9,11-17,19,26-27,29H,10,18,20H2,1H3,(H,31,35)/t26-,27-/m0/s1. The van der Waals surface area contributed by atoms with E-state index in [9.17, 15) is 0 Å². The highest BCUT2D eigenvalue weighted by Crippen LogP contribution is 2.40. The smallest absolute Gasteiger partial charge is 0.170 e. The first-order chi connectivity index (χ1) is 17.3. The van der Waals surface area contributed by atoms with Crippen LogP contribution in [0.4, 0.5) is 5.69 Å². The van der Waals surface area contributed by atoms with E-state index in [4.69, 9.17) is 17.0 Å². The van der Waals surface area contributed by atoms with Crippen molar-refractivity contribution in [3.63, 3.8) is 0 Å². The molecule has 2 aromatic heterocycles. The summed E-state index contributed by atoms with van der Waals surface area (Å²) in [5.74, 6) is 0.825. The van der Waals surface area contributed by atoms with Gasteiger partial charge in [0.2, 0.25) is 0 Å². The predicted octanol–water partition coefficient (Wildman–Crippen LogP) is 5.36. The Bertz CT molecular complexity index is 1260. The van der Waals surface area contributed by atoms with Crippen LogP contribution in [0.5, 0.6) is 5.75 Å². The molecule has 5 rings (SSSR count). The molecule has 0 unspecified atom stereocenters. The summed E-state index contributed by atoms with van der Waals surface area (Å²) in [6.07, 6.45) is 4.86. The van der Waals surface area contributed by atoms with E-state index < -0.39 is 0 Å². The molecule has 35 heavy (non-hydrogen) atoms. The number of nitrogens with zero attached hydrogens (tertiary/aromatic N) is 3. The lowest BCUT2D eigenvalue weighted by Crippen LogP contribution is -2.32. The van der Waals surface area contributed by atoms with Crippen LogP contribution in [0.1, 0.15) is 29.9 Å². The zero-order chi connectivity index (χ0) is 24.0. The van der Waals surface area contributed by atoms with Gasteiger partial charge in [0.25, 0.3) is 0 Å². The molecule has 2 N–H and O–H groups in total. The third kappa shape index (κ3) is 4.86. The van der Waals surface area contributed by atoms with Gasteiger partial charge in [0.15, 0.2) is 5.11 Å². The summed E-state index contributed by atoms with van der Waals surface area (Å²) in [7, 11) is 1.71. The monoisotopic (exact) mass is 483 g/mol. The van der Waals surface area contributed by atoms with E-state index in [-0.39, 0.29) is 12.1 Å². The Balaban J connectivity index is 1.45. The maximum absolute atomic E-state index is 5.85. The second-order valence-corrected chi connectivity index (χ2v) is 8.83. The fourth-order valence-electron chi connectivity index (χ4n) is 4.69. The van der Waals surface area contributed by atoms with Crippen LogP contribution in [0.3, 0.4) is 0 Å². The van der Waals surface area contributed by atoms with E-state index >= 15 is 0 Å². The van der Waals surface area contributed by atoms with Crippen molar-refractivity contribution < 1.29 is 4.74 Å². The fourth-order valence-corrected chi connectivity index (χ4v) is 5.02. The number of rotatable bonds is 9. The van der Waals surface area contributed by atoms with Gasteiger partial charge >= 0.3 is 0 Å². The molecule has 7 heteroatoms. The van der Waals surface area contributed by atoms with Crippen LogP contribution in [-0.4, -0.2) is 39.8 Å². The molecule has 0 aliphatic carbocycles. The average Bonchev–Trinajstić information content (AvgIpc) is 3.52. The molecule has 1 fully saturated rings. The van der Waals surface area contributed by atoms with Gasteiger partial charge in [-0.2, -0.15) is 0 Å². The zero-order valence-electron chi connectivity index (χ0n) is 19.7. The van der Waals surface area contributed by atoms with Crippen LogP contribution in [0, 0.1) is 0 Å². The van der Waals surface area contributed by atoms with Gasteiger partial charge in [0.05, 0.1) is 30.6 Å². The van der Waals surface area contributed by atoms with Crippen LogP contribution < -0.4 is 15.4 Å². The van der Waals surface area contributed by atoms with Gasteiger partial charge in [-0.25, -0.2) is 0 Å². The van der Waals surface area contributed by atoms with Crippen LogP contribution >= 0.6 is 12.2 Å². The van der Waals surface area contributed by atoms with E-state index in [1.807, 2.05) is 54.7 Å². The first-order valence-electron chi connectivity index (χ1n) is 11.8. The minimum absolute atomic E-state index is 0.0194. The number of pyridine rings is 1. The summed E-state index contributed by atoms with van der Waals surface area (Å²) in [5, 5.41) is 7.81. The first-order valence-corrected chi connectivity index (χ1v) is 12.2. The molecule has 0 radical (unpaired) electrons. The summed E-state index contributed by atoms with van der Waals surface area (Å²) >= 11 is 5.85. The minimum atomic E-state index is -0.0610. The average molecular weight is 484 g/mol. The van der Waals surface area contributed by atoms with Crippen molar-refractivity contribution in [3.05, 3.63) is 109 Å². The lowest BCUT2D eigenvalue weighted by atomic mass is 10.0. The Morgan fingerprint density at radius 1 is 0.971 bits per heavy atom. The predicted molar refractivity (Wildman–Crippen MR) is 144 cm³/mol. The highest BCUT2D eigenvalue weighted by Gasteiger charge is 2.41. The van der Waals surface area contributed by atoms with Crippen LogP contribution in [0.15, 0.2) is 97.3 Å². The molecule has 2 aromatic carbocycles. The third-order valence-electron chi connectivity index (χ3n) is 6.30. The van der Waals surface area contributed by atoms with Crippen LogP contribution in [0.2, 0.25) is 0 Å². The Labute approximate surface area is 211 Å². The van der Waals surface area contributed by atoms with Crippen molar-refractivity contribution in [2.75, 3.05) is 25.5 Å². The highest BCUT2D eigenvalue weighted by molar-refractivity contribution is 7.80. The van der Waals surface area contributed by atoms with Crippen LogP contribution in [-0.2, 0) is 0 Å². The number of ether oxygens (including phenoxy) is 1. The van der Waals surface area contributed by atoms with E-state index in [2.05, 4.69) is 67.7 Å². The molecule has 1 aliphatic heterocycles. The molecular formula is C28H29N5OS. The number of nitrogens with one attached hydrogen (secondary N) is 2. The van der Waals surface area contributed by atoms with E-state index in [0.717, 1.165) is 53.1 Å². The molecular weight excluding hydrogens is 454 g/mol. The molecule has 6 nitrogen and oxygen atoms in total. The van der Waals surface area contributed by atoms with E-state index in [0.29, 0.717) is 0 Å². The maximum Gasteiger partial charge on any atom is 0.170 e. The Morgan fingerprint density at radius 3 is 2.57 bits per heavy atom. The van der Waals surface area contributed by atoms with Crippen molar-refractivity contribution >= 4 is 23.0 Å². The number of hydrogen-bond donors (Lipinski definition) is 2. The summed E-state index contributed by atoms with van der Waals surface area (Å²) in [5.41, 5.74) is 4.23. The number of para-hydroxylation sites is 3. The van der Waals surface area contributed by atoms with Crippen LogP contribution in [0.25, 0.3) is 5.69 Å². The molecule has 2 atom stereocenters. The second-order valence-electron chi connectivity index (χ2n) is 8.44. The number of hydrogen-bond acceptors (Lipinski definition) is 4. The normalized spacial score (nSPS) is 17.3. The van der Waals surface area contributed by atoms with Crippen molar-refractivity contribution in [1.29, 1.82) is 0 Å². The van der Waals surface area contributed by atoms with Crippen molar-refractivity contribution in [2.45, 2.75) is 18.5 Å². The largest absolute Gasteiger partial charge is 0.495 e. The Kier molecular flexibility index (Phi) is 6.95. The first kappa shape index (κ1) is 22.9. The second kappa shape index (κ2) is 10.6. The van der Waals surface area contributed by atoms with Crippen molar-refractivity contribution in [2.24, 2.45) is 0 Å². The fraction of sp³-hybridized carbons (Fsp3) is 0.214. The molecule has 0 spiro atoms. The topological polar surface area (TPSA) is 54.4 Å². The van der Waals surface area contributed by atoms with Crippen molar-refractivity contribution in [3.8, 4) is 11.4 Å². The van der Waals surface area contributed by atoms with Gasteiger partial charge in [0, 0.05) is 36.9 Å². The molecule has 0 bridgehead atoms. The van der Waals surface area contributed by atoms with E-state index in [1.165, 1.54) is 0 Å². The lowest BCUT2D eigenvalue weighted by Gasteiger charge is -2.29. The van der Waals surface area contributed by atoms with Gasteiger partial charge in [-0.15, -0.1) is 0 Å². The van der Waals surface area contributed by atoms with Gasteiger partial charge in [-0.3, -0.25) is 4.98 Å². The molecule has 1 aliphatic rings. The number of anilines is 1. The quantitative estimate of drug-likeness (QED) is 0.247. The van der Waals surface area contributed by atoms with Crippen molar-refractivity contribution in [1.82, 2.24) is 19.8 Å². The third-order valence-corrected chi connectivity index (χ3v) is 6.66. The van der Waals surface area contributed by atoms with E-state index in [1.54, 1.807) is 7.11 Å². The summed E-state index contributed by atoms with van der Waals surface area (Å²) in [6, 6.07) is 28.5. The summed E-state index contributed by atoms with van der Waals surface area (Å²) in [6.45, 7) is 1.67. The molecule has 3 heterocycles. The highest BCUT2D eigenvalue weighted by atomic mass is 32.1. The number of methoxy groups -OCH3 is 1. The number of thiocarbonyl (C=S) groups is 1. The molecule has 0 amide bonds. The van der Waals surface area contributed by atoms with Gasteiger partial charge in [0.1, 0.15) is 5.75 Å². The number of aromatic nitrogens is 2. The maximum atomic E-state index is 5.85. The Hall–Kier alpha value is -3.84. The lowest BCUT2D eigenvalue weighted by molar-refractivity contribution is 0.307. The van der Waals surface area contributed by atoms with Gasteiger partial charge in [-0.05, 0) is 67.2 Å². The molecule has 1 saturated heterocycles. The summed E-state index contributed by atoms with van der Waals surface area (Å²) in [4.78, 5) is 6.96. The van der Waals surface area contributed by atoms with Gasteiger partial charge < -0.3 is 24.8 Å². The SMILES string of the molecule is COc1ccccc1-n1cccc1[C@H]1[C@H](c2ccccn2)NC(=S)N1CCCNc1ccccc1. The molecule has 4 aromatic rings. The summed E-state index contributed by atoms with van der Waals surface area (Å²) < 4.78 is 7.87. The van der Waals surface area contributed by atoms with Gasteiger partial charge in [-0.1, -0.05) is 36.4 Å².